The number of ketones is 1. The topological polar surface area (TPSA) is 61.1 Å². The number of nitrogens with zero attached hydrogens (tertiary/aromatic N) is 2. The van der Waals surface area contributed by atoms with Gasteiger partial charge in [0.15, 0.2) is 5.78 Å². The quantitative estimate of drug-likeness (QED) is 0.667. The van der Waals surface area contributed by atoms with Crippen LogP contribution in [0.5, 0.6) is 0 Å². The van der Waals surface area contributed by atoms with Crippen molar-refractivity contribution in [2.75, 3.05) is 0 Å². The summed E-state index contributed by atoms with van der Waals surface area (Å²) in [6.45, 7) is -0.0731. The summed E-state index contributed by atoms with van der Waals surface area (Å²) >= 11 is 0. The number of aromatic nitrogens is 2. The number of rotatable bonds is 4. The maximum atomic E-state index is 13.2. The van der Waals surface area contributed by atoms with Crippen molar-refractivity contribution in [2.45, 2.75) is 44.7 Å². The van der Waals surface area contributed by atoms with Crippen LogP contribution < -0.4 is 11.2 Å². The van der Waals surface area contributed by atoms with Crippen LogP contribution in [0.4, 0.5) is 0 Å². The van der Waals surface area contributed by atoms with Crippen LogP contribution in [0, 0.1) is 0 Å². The van der Waals surface area contributed by atoms with Crippen molar-refractivity contribution in [1.82, 2.24) is 9.13 Å². The number of hydrogen-bond acceptors (Lipinski definition) is 3. The van der Waals surface area contributed by atoms with E-state index in [1.807, 2.05) is 6.07 Å². The van der Waals surface area contributed by atoms with Crippen molar-refractivity contribution < 1.29 is 4.79 Å². The van der Waals surface area contributed by atoms with Gasteiger partial charge in [-0.2, -0.15) is 0 Å². The summed E-state index contributed by atoms with van der Waals surface area (Å²) in [4.78, 5) is 39.0. The lowest BCUT2D eigenvalue weighted by Gasteiger charge is -2.24. The van der Waals surface area contributed by atoms with Gasteiger partial charge in [-0.05, 0) is 25.0 Å². The smallest absolute Gasteiger partial charge is 0.292 e. The molecule has 0 radical (unpaired) electrons. The molecule has 5 nitrogen and oxygen atoms in total. The van der Waals surface area contributed by atoms with Crippen LogP contribution in [0.15, 0.2) is 64.2 Å². The molecule has 1 saturated carbocycles. The summed E-state index contributed by atoms with van der Waals surface area (Å²) < 4.78 is 2.85. The van der Waals surface area contributed by atoms with Crippen LogP contribution in [-0.4, -0.2) is 14.9 Å². The van der Waals surface area contributed by atoms with Gasteiger partial charge < -0.3 is 0 Å². The number of para-hydroxylation sites is 1. The van der Waals surface area contributed by atoms with Crippen molar-refractivity contribution in [3.05, 3.63) is 81.0 Å². The van der Waals surface area contributed by atoms with E-state index >= 15 is 0 Å². The van der Waals surface area contributed by atoms with E-state index in [9.17, 15) is 14.4 Å². The van der Waals surface area contributed by atoms with Gasteiger partial charge in [-0.1, -0.05) is 61.7 Å². The third-order valence-corrected chi connectivity index (χ3v) is 5.42. The third kappa shape index (κ3) is 3.25. The van der Waals surface area contributed by atoms with E-state index in [0.29, 0.717) is 16.5 Å². The van der Waals surface area contributed by atoms with Gasteiger partial charge in [-0.25, -0.2) is 4.79 Å². The first-order chi connectivity index (χ1) is 13.2. The molecule has 1 aliphatic carbocycles. The number of hydrogen-bond donors (Lipinski definition) is 0. The highest BCUT2D eigenvalue weighted by atomic mass is 16.2. The standard InChI is InChI=1S/C22H22N2O3/c25-20(16-9-3-1-4-10-16)15-23-19-14-8-7-13-18(19)21(26)24(22(23)27)17-11-5-2-6-12-17/h1,3-4,7-10,13-14,17H,2,5-6,11-12,15H2. The van der Waals surface area contributed by atoms with Crippen LogP contribution in [0.2, 0.25) is 0 Å². The maximum Gasteiger partial charge on any atom is 0.332 e. The lowest BCUT2D eigenvalue weighted by Crippen LogP contribution is -2.43. The van der Waals surface area contributed by atoms with Crippen LogP contribution in [0.25, 0.3) is 10.9 Å². The zero-order chi connectivity index (χ0) is 18.8. The minimum absolute atomic E-state index is 0.0731. The lowest BCUT2D eigenvalue weighted by molar-refractivity contribution is 0.0971. The molecule has 1 fully saturated rings. The zero-order valence-electron chi connectivity index (χ0n) is 15.1. The second kappa shape index (κ2) is 7.35. The SMILES string of the molecule is O=C(Cn1c(=O)n(C2CCCCC2)c(=O)c2ccccc21)c1ccccc1. The second-order valence-corrected chi connectivity index (χ2v) is 7.14. The van der Waals surface area contributed by atoms with E-state index in [1.54, 1.807) is 48.5 Å². The fourth-order valence-corrected chi connectivity index (χ4v) is 4.01. The molecule has 27 heavy (non-hydrogen) atoms. The number of Topliss-reactive ketones (excluding diaryl/α,β-unsaturated/α-hetero) is 1. The maximum absolute atomic E-state index is 13.2. The summed E-state index contributed by atoms with van der Waals surface area (Å²) in [6, 6.07) is 15.9. The van der Waals surface area contributed by atoms with Crippen molar-refractivity contribution in [1.29, 1.82) is 0 Å². The number of benzene rings is 2. The highest BCUT2D eigenvalue weighted by Gasteiger charge is 2.23. The third-order valence-electron chi connectivity index (χ3n) is 5.42. The molecule has 138 valence electrons. The molecule has 0 aliphatic heterocycles. The summed E-state index contributed by atoms with van der Waals surface area (Å²) in [5, 5.41) is 0.489. The Balaban J connectivity index is 1.87. The Bertz CT molecular complexity index is 1090. The molecule has 0 atom stereocenters. The fourth-order valence-electron chi connectivity index (χ4n) is 4.01. The Kier molecular flexibility index (Phi) is 4.75. The molecule has 0 bridgehead atoms. The average molecular weight is 362 g/mol. The van der Waals surface area contributed by atoms with Gasteiger partial charge in [0, 0.05) is 11.6 Å². The second-order valence-electron chi connectivity index (χ2n) is 7.14. The molecule has 0 spiro atoms. The van der Waals surface area contributed by atoms with Crippen LogP contribution >= 0.6 is 0 Å². The Hall–Kier alpha value is -2.95. The fraction of sp³-hybridized carbons (Fsp3) is 0.318. The van der Waals surface area contributed by atoms with Crippen molar-refractivity contribution in [3.8, 4) is 0 Å². The van der Waals surface area contributed by atoms with Crippen molar-refractivity contribution in [2.24, 2.45) is 0 Å². The van der Waals surface area contributed by atoms with Gasteiger partial charge in [-0.3, -0.25) is 18.7 Å². The molecule has 4 rings (SSSR count). The molecule has 1 aliphatic rings. The average Bonchev–Trinajstić information content (AvgIpc) is 2.72. The highest BCUT2D eigenvalue weighted by Crippen LogP contribution is 2.26. The molecule has 1 heterocycles. The van der Waals surface area contributed by atoms with Gasteiger partial charge in [-0.15, -0.1) is 0 Å². The Morgan fingerprint density at radius 3 is 2.30 bits per heavy atom. The lowest BCUT2D eigenvalue weighted by atomic mass is 9.95. The largest absolute Gasteiger partial charge is 0.332 e. The molecule has 0 unspecified atom stereocenters. The van der Waals surface area contributed by atoms with Gasteiger partial charge >= 0.3 is 5.69 Å². The molecular formula is C22H22N2O3. The van der Waals surface area contributed by atoms with Crippen molar-refractivity contribution >= 4 is 16.7 Å². The van der Waals surface area contributed by atoms with Crippen LogP contribution in [-0.2, 0) is 6.54 Å². The van der Waals surface area contributed by atoms with E-state index < -0.39 is 0 Å². The van der Waals surface area contributed by atoms with Gasteiger partial charge in [0.25, 0.3) is 5.56 Å². The van der Waals surface area contributed by atoms with Gasteiger partial charge in [0.2, 0.25) is 0 Å². The summed E-state index contributed by atoms with van der Waals surface area (Å²) in [5.74, 6) is -0.142. The summed E-state index contributed by atoms with van der Waals surface area (Å²) in [5.41, 5.74) is 0.452. The van der Waals surface area contributed by atoms with E-state index in [0.717, 1.165) is 32.1 Å². The van der Waals surface area contributed by atoms with E-state index in [4.69, 9.17) is 0 Å². The summed E-state index contributed by atoms with van der Waals surface area (Å²) in [7, 11) is 0. The van der Waals surface area contributed by atoms with E-state index in [2.05, 4.69) is 0 Å². The molecule has 0 N–H and O–H groups in total. The Labute approximate surface area is 156 Å². The van der Waals surface area contributed by atoms with Gasteiger partial charge in [0.1, 0.15) is 0 Å². The molecule has 1 aromatic heterocycles. The predicted molar refractivity (Wildman–Crippen MR) is 105 cm³/mol. The number of carbonyl (C=O) groups excluding carboxylic acids is 1. The molecule has 2 aromatic carbocycles. The predicted octanol–water partition coefficient (Wildman–Crippen LogP) is 3.55. The zero-order valence-corrected chi connectivity index (χ0v) is 15.1. The number of fused-ring (bicyclic) bond motifs is 1. The highest BCUT2D eigenvalue weighted by molar-refractivity contribution is 5.96. The van der Waals surface area contributed by atoms with Crippen LogP contribution in [0.1, 0.15) is 48.5 Å². The minimum atomic E-state index is -0.380. The van der Waals surface area contributed by atoms with Crippen molar-refractivity contribution in [3.63, 3.8) is 0 Å². The molecule has 0 saturated heterocycles. The Morgan fingerprint density at radius 2 is 1.56 bits per heavy atom. The minimum Gasteiger partial charge on any atom is -0.292 e. The summed E-state index contributed by atoms with van der Waals surface area (Å²) in [6.07, 6.45) is 4.85. The normalized spacial score (nSPS) is 15.1. The Morgan fingerprint density at radius 1 is 0.889 bits per heavy atom. The molecule has 3 aromatic rings. The molecular weight excluding hydrogens is 340 g/mol. The van der Waals surface area contributed by atoms with E-state index in [1.165, 1.54) is 9.13 Å². The van der Waals surface area contributed by atoms with Crippen LogP contribution in [0.3, 0.4) is 0 Å². The number of carbonyl (C=O) groups is 1. The molecule has 0 amide bonds. The first-order valence-electron chi connectivity index (χ1n) is 9.49. The van der Waals surface area contributed by atoms with E-state index in [-0.39, 0.29) is 29.6 Å². The van der Waals surface area contributed by atoms with Gasteiger partial charge in [0.05, 0.1) is 17.4 Å². The first kappa shape index (κ1) is 17.5. The monoisotopic (exact) mass is 362 g/mol. The molecule has 5 heteroatoms. The first-order valence-corrected chi connectivity index (χ1v) is 9.49.